The summed E-state index contributed by atoms with van der Waals surface area (Å²) in [5, 5.41) is 11.9. The van der Waals surface area contributed by atoms with E-state index in [1.54, 1.807) is 0 Å². The summed E-state index contributed by atoms with van der Waals surface area (Å²) in [4.78, 5) is 23.1. The zero-order valence-electron chi connectivity index (χ0n) is 10.5. The Morgan fingerprint density at radius 3 is 2.53 bits per heavy atom. The summed E-state index contributed by atoms with van der Waals surface area (Å²) < 4.78 is 5.26. The fourth-order valence-electron chi connectivity index (χ4n) is 1.41. The molecule has 98 valence electrons. The number of carbonyl (C=O) groups is 2. The second kappa shape index (κ2) is 6.00. The molecule has 0 aliphatic heterocycles. The van der Waals surface area contributed by atoms with Crippen LogP contribution in [-0.4, -0.2) is 36.2 Å². The number of carbonyl (C=O) groups excluding carboxylic acids is 1. The molecule has 0 bridgehead atoms. The largest absolute Gasteiger partial charge is 0.480 e. The molecule has 0 aromatic carbocycles. The lowest BCUT2D eigenvalue weighted by molar-refractivity contribution is -0.156. The molecule has 1 amide bonds. The highest BCUT2D eigenvalue weighted by molar-refractivity contribution is 6.01. The number of carboxylic acids is 1. The lowest BCUT2D eigenvalue weighted by Crippen LogP contribution is -2.46. The molecule has 1 aliphatic carbocycles. The zero-order valence-corrected chi connectivity index (χ0v) is 10.5. The summed E-state index contributed by atoms with van der Waals surface area (Å²) in [7, 11) is 0. The van der Waals surface area contributed by atoms with Crippen molar-refractivity contribution in [3.05, 3.63) is 0 Å². The Bertz CT molecular complexity index is 288. The van der Waals surface area contributed by atoms with Gasteiger partial charge < -0.3 is 15.2 Å². The van der Waals surface area contributed by atoms with Crippen molar-refractivity contribution in [2.45, 2.75) is 45.6 Å². The molecular weight excluding hydrogens is 222 g/mol. The fraction of sp³-hybridized carbons (Fsp3) is 0.833. The van der Waals surface area contributed by atoms with Crippen LogP contribution in [0.2, 0.25) is 0 Å². The lowest BCUT2D eigenvalue weighted by Gasteiger charge is -2.23. The van der Waals surface area contributed by atoms with Crippen LogP contribution in [-0.2, 0) is 14.3 Å². The lowest BCUT2D eigenvalue weighted by atomic mass is 9.86. The zero-order chi connectivity index (χ0) is 12.9. The van der Waals surface area contributed by atoms with Crippen LogP contribution in [0, 0.1) is 5.41 Å². The predicted octanol–water partition coefficient (Wildman–Crippen LogP) is 1.17. The maximum absolute atomic E-state index is 11.9. The van der Waals surface area contributed by atoms with E-state index in [0.29, 0.717) is 13.2 Å². The number of carboxylic acid groups (broad SMARTS) is 1. The average Bonchev–Trinajstić information content (AvgIpc) is 3.07. The molecule has 0 aromatic rings. The molecule has 1 aliphatic rings. The third-order valence-corrected chi connectivity index (χ3v) is 2.98. The monoisotopic (exact) mass is 243 g/mol. The van der Waals surface area contributed by atoms with Crippen molar-refractivity contribution < 1.29 is 19.4 Å². The van der Waals surface area contributed by atoms with Gasteiger partial charge in [-0.05, 0) is 32.6 Å². The van der Waals surface area contributed by atoms with Crippen LogP contribution in [0.25, 0.3) is 0 Å². The van der Waals surface area contributed by atoms with Gasteiger partial charge in [0.25, 0.3) is 0 Å². The molecule has 0 spiro atoms. The van der Waals surface area contributed by atoms with Gasteiger partial charge in [-0.3, -0.25) is 9.59 Å². The molecule has 5 nitrogen and oxygen atoms in total. The van der Waals surface area contributed by atoms with Crippen molar-refractivity contribution in [1.82, 2.24) is 5.32 Å². The van der Waals surface area contributed by atoms with Gasteiger partial charge in [0.15, 0.2) is 0 Å². The van der Waals surface area contributed by atoms with Crippen LogP contribution in [0.4, 0.5) is 0 Å². The minimum atomic E-state index is -1.38. The number of ether oxygens (including phenoxy) is 1. The van der Waals surface area contributed by atoms with Crippen LogP contribution in [0.15, 0.2) is 0 Å². The first-order chi connectivity index (χ1) is 8.00. The first kappa shape index (κ1) is 14.0. The summed E-state index contributed by atoms with van der Waals surface area (Å²) in [5.74, 6) is -1.48. The maximum Gasteiger partial charge on any atom is 0.319 e. The minimum Gasteiger partial charge on any atom is -0.480 e. The molecule has 1 fully saturated rings. The fourth-order valence-corrected chi connectivity index (χ4v) is 1.41. The number of amides is 1. The third kappa shape index (κ3) is 4.00. The molecule has 0 aromatic heterocycles. The van der Waals surface area contributed by atoms with Gasteiger partial charge in [0, 0.05) is 19.3 Å². The van der Waals surface area contributed by atoms with Crippen LogP contribution >= 0.6 is 0 Å². The van der Waals surface area contributed by atoms with Crippen LogP contribution in [0.5, 0.6) is 0 Å². The highest BCUT2D eigenvalue weighted by Crippen LogP contribution is 2.26. The van der Waals surface area contributed by atoms with Gasteiger partial charge in [0.05, 0.1) is 0 Å². The molecule has 0 heterocycles. The summed E-state index contributed by atoms with van der Waals surface area (Å²) in [5.41, 5.74) is -1.38. The topological polar surface area (TPSA) is 75.6 Å². The van der Waals surface area contributed by atoms with E-state index in [2.05, 4.69) is 5.32 Å². The van der Waals surface area contributed by atoms with E-state index in [1.165, 1.54) is 6.92 Å². The molecule has 1 unspecified atom stereocenters. The Kier molecular flexibility index (Phi) is 4.93. The second-order valence-corrected chi connectivity index (χ2v) is 4.75. The Balaban J connectivity index is 2.47. The predicted molar refractivity (Wildman–Crippen MR) is 62.6 cm³/mol. The van der Waals surface area contributed by atoms with Crippen molar-refractivity contribution in [2.24, 2.45) is 5.41 Å². The Labute approximate surface area is 102 Å². The van der Waals surface area contributed by atoms with Crippen molar-refractivity contribution in [3.8, 4) is 0 Å². The Hall–Kier alpha value is -1.10. The van der Waals surface area contributed by atoms with E-state index in [0.717, 1.165) is 19.3 Å². The normalized spacial score (nSPS) is 18.5. The third-order valence-electron chi connectivity index (χ3n) is 2.98. The van der Waals surface area contributed by atoms with Crippen molar-refractivity contribution in [3.63, 3.8) is 0 Å². The van der Waals surface area contributed by atoms with Gasteiger partial charge in [0.1, 0.15) is 5.41 Å². The SMILES string of the molecule is CCCOCCC(C)(C(=O)O)C(=O)NC1CC1. The first-order valence-corrected chi connectivity index (χ1v) is 6.13. The van der Waals surface area contributed by atoms with Gasteiger partial charge in [-0.15, -0.1) is 0 Å². The van der Waals surface area contributed by atoms with Crippen LogP contribution < -0.4 is 5.32 Å². The molecule has 0 radical (unpaired) electrons. The summed E-state index contributed by atoms with van der Waals surface area (Å²) in [6, 6.07) is 0.178. The molecule has 1 rings (SSSR count). The quantitative estimate of drug-likeness (QED) is 0.495. The van der Waals surface area contributed by atoms with Crippen LogP contribution in [0.3, 0.4) is 0 Å². The average molecular weight is 243 g/mol. The number of hydrogen-bond donors (Lipinski definition) is 2. The van der Waals surface area contributed by atoms with E-state index in [4.69, 9.17) is 4.74 Å². The van der Waals surface area contributed by atoms with Gasteiger partial charge in [-0.25, -0.2) is 0 Å². The number of hydrogen-bond acceptors (Lipinski definition) is 3. The standard InChI is InChI=1S/C12H21NO4/c1-3-7-17-8-6-12(2,11(15)16)10(14)13-9-4-5-9/h9H,3-8H2,1-2H3,(H,13,14)(H,15,16). The van der Waals surface area contributed by atoms with Gasteiger partial charge in [-0.2, -0.15) is 0 Å². The summed E-state index contributed by atoms with van der Waals surface area (Å²) in [6.07, 6.45) is 3.00. The molecular formula is C12H21NO4. The highest BCUT2D eigenvalue weighted by atomic mass is 16.5. The molecule has 17 heavy (non-hydrogen) atoms. The summed E-state index contributed by atoms with van der Waals surface area (Å²) in [6.45, 7) is 4.34. The smallest absolute Gasteiger partial charge is 0.319 e. The molecule has 2 N–H and O–H groups in total. The van der Waals surface area contributed by atoms with E-state index in [9.17, 15) is 14.7 Å². The van der Waals surface area contributed by atoms with Gasteiger partial charge in [-0.1, -0.05) is 6.92 Å². The number of rotatable bonds is 8. The van der Waals surface area contributed by atoms with E-state index in [1.807, 2.05) is 6.92 Å². The summed E-state index contributed by atoms with van der Waals surface area (Å²) >= 11 is 0. The second-order valence-electron chi connectivity index (χ2n) is 4.75. The van der Waals surface area contributed by atoms with Gasteiger partial charge >= 0.3 is 5.97 Å². The molecule has 0 saturated heterocycles. The van der Waals surface area contributed by atoms with Crippen molar-refractivity contribution in [2.75, 3.05) is 13.2 Å². The minimum absolute atomic E-state index is 0.178. The molecule has 5 heteroatoms. The van der Waals surface area contributed by atoms with Crippen LogP contribution in [0.1, 0.15) is 39.5 Å². The highest BCUT2D eigenvalue weighted by Gasteiger charge is 2.42. The Morgan fingerprint density at radius 1 is 1.41 bits per heavy atom. The van der Waals surface area contributed by atoms with E-state index < -0.39 is 17.3 Å². The first-order valence-electron chi connectivity index (χ1n) is 6.13. The van der Waals surface area contributed by atoms with Gasteiger partial charge in [0.2, 0.25) is 5.91 Å². The van der Waals surface area contributed by atoms with Crippen molar-refractivity contribution in [1.29, 1.82) is 0 Å². The number of nitrogens with one attached hydrogen (secondary N) is 1. The van der Waals surface area contributed by atoms with E-state index in [-0.39, 0.29) is 12.5 Å². The van der Waals surface area contributed by atoms with Crippen molar-refractivity contribution >= 4 is 11.9 Å². The number of aliphatic carboxylic acids is 1. The maximum atomic E-state index is 11.9. The van der Waals surface area contributed by atoms with E-state index >= 15 is 0 Å². The Morgan fingerprint density at radius 2 is 2.06 bits per heavy atom. The molecule has 1 atom stereocenters. The molecule has 1 saturated carbocycles.